The second kappa shape index (κ2) is 15.3. The number of unbranched alkanes of at least 4 members (excludes halogenated alkanes) is 7. The molecule has 0 saturated heterocycles. The maximum atomic E-state index is 5.57. The SMILES string of the molecule is CC(C)CCCCCCCCCCOCCCCl. The van der Waals surface area contributed by atoms with Crippen molar-refractivity contribution in [2.45, 2.75) is 78.1 Å². The number of halogens is 1. The Morgan fingerprint density at radius 3 is 1.78 bits per heavy atom. The maximum absolute atomic E-state index is 5.57. The molecule has 110 valence electrons. The highest BCUT2D eigenvalue weighted by atomic mass is 35.5. The molecule has 0 aromatic carbocycles. The van der Waals surface area contributed by atoms with Crippen LogP contribution in [-0.4, -0.2) is 19.1 Å². The summed E-state index contributed by atoms with van der Waals surface area (Å²) in [7, 11) is 0. The molecule has 1 nitrogen and oxygen atoms in total. The van der Waals surface area contributed by atoms with Crippen LogP contribution in [0, 0.1) is 5.92 Å². The van der Waals surface area contributed by atoms with E-state index in [-0.39, 0.29) is 0 Å². The van der Waals surface area contributed by atoms with Crippen molar-refractivity contribution in [3.63, 3.8) is 0 Å². The summed E-state index contributed by atoms with van der Waals surface area (Å²) in [6, 6.07) is 0. The fourth-order valence-corrected chi connectivity index (χ4v) is 2.19. The van der Waals surface area contributed by atoms with Crippen molar-refractivity contribution in [3.8, 4) is 0 Å². The van der Waals surface area contributed by atoms with Crippen molar-refractivity contribution >= 4 is 11.6 Å². The van der Waals surface area contributed by atoms with Crippen LogP contribution in [0.25, 0.3) is 0 Å². The fraction of sp³-hybridized carbons (Fsp3) is 1.00. The lowest BCUT2D eigenvalue weighted by atomic mass is 10.0. The smallest absolute Gasteiger partial charge is 0.0477 e. The quantitative estimate of drug-likeness (QED) is 0.288. The van der Waals surface area contributed by atoms with E-state index in [1.54, 1.807) is 0 Å². The molecule has 0 saturated carbocycles. The van der Waals surface area contributed by atoms with Crippen molar-refractivity contribution in [1.29, 1.82) is 0 Å². The zero-order valence-electron chi connectivity index (χ0n) is 12.6. The molecule has 0 aliphatic carbocycles. The van der Waals surface area contributed by atoms with Crippen LogP contribution in [0.4, 0.5) is 0 Å². The summed E-state index contributed by atoms with van der Waals surface area (Å²) in [6.45, 7) is 6.38. The van der Waals surface area contributed by atoms with Gasteiger partial charge in [0.1, 0.15) is 0 Å². The van der Waals surface area contributed by atoms with Gasteiger partial charge in [-0.05, 0) is 18.8 Å². The van der Waals surface area contributed by atoms with Gasteiger partial charge in [-0.15, -0.1) is 11.6 Å². The van der Waals surface area contributed by atoms with Crippen molar-refractivity contribution in [2.24, 2.45) is 5.92 Å². The van der Waals surface area contributed by atoms with Crippen LogP contribution in [0.5, 0.6) is 0 Å². The third-order valence-electron chi connectivity index (χ3n) is 3.24. The van der Waals surface area contributed by atoms with Crippen LogP contribution in [-0.2, 0) is 4.74 Å². The average Bonchev–Trinajstić information content (AvgIpc) is 2.34. The number of hydrogen-bond donors (Lipinski definition) is 0. The van der Waals surface area contributed by atoms with E-state index in [0.29, 0.717) is 0 Å². The normalized spacial score (nSPS) is 11.3. The van der Waals surface area contributed by atoms with Crippen LogP contribution in [0.2, 0.25) is 0 Å². The minimum absolute atomic E-state index is 0.719. The van der Waals surface area contributed by atoms with Crippen LogP contribution in [0.3, 0.4) is 0 Å². The molecule has 0 atom stereocenters. The Kier molecular flexibility index (Phi) is 15.5. The highest BCUT2D eigenvalue weighted by Gasteiger charge is 1.95. The summed E-state index contributed by atoms with van der Waals surface area (Å²) in [5, 5.41) is 0. The number of ether oxygens (including phenoxy) is 1. The summed E-state index contributed by atoms with van der Waals surface area (Å²) in [6.07, 6.45) is 13.4. The number of alkyl halides is 1. The minimum Gasteiger partial charge on any atom is -0.381 e. The standard InChI is InChI=1S/C16H33ClO/c1-16(2)12-9-7-5-3-4-6-8-10-14-18-15-11-13-17/h16H,3-15H2,1-2H3. The molecule has 0 N–H and O–H groups in total. The topological polar surface area (TPSA) is 9.23 Å². The Morgan fingerprint density at radius 1 is 0.722 bits per heavy atom. The molecule has 0 aromatic heterocycles. The summed E-state index contributed by atoms with van der Waals surface area (Å²) in [5.41, 5.74) is 0. The highest BCUT2D eigenvalue weighted by molar-refractivity contribution is 6.17. The Hall–Kier alpha value is 0.250. The van der Waals surface area contributed by atoms with Crippen LogP contribution >= 0.6 is 11.6 Å². The van der Waals surface area contributed by atoms with E-state index in [4.69, 9.17) is 16.3 Å². The van der Waals surface area contributed by atoms with Gasteiger partial charge in [-0.1, -0.05) is 65.2 Å². The van der Waals surface area contributed by atoms with E-state index in [2.05, 4.69) is 13.8 Å². The van der Waals surface area contributed by atoms with Crippen LogP contribution in [0.15, 0.2) is 0 Å². The van der Waals surface area contributed by atoms with E-state index in [1.807, 2.05) is 0 Å². The first-order valence-electron chi connectivity index (χ1n) is 7.91. The minimum atomic E-state index is 0.719. The van der Waals surface area contributed by atoms with Crippen LogP contribution < -0.4 is 0 Å². The second-order valence-corrected chi connectivity index (χ2v) is 6.04. The zero-order valence-corrected chi connectivity index (χ0v) is 13.3. The molecule has 0 rings (SSSR count). The van der Waals surface area contributed by atoms with Gasteiger partial charge in [0.05, 0.1) is 0 Å². The van der Waals surface area contributed by atoms with Gasteiger partial charge in [-0.3, -0.25) is 0 Å². The van der Waals surface area contributed by atoms with Crippen molar-refractivity contribution in [1.82, 2.24) is 0 Å². The van der Waals surface area contributed by atoms with Gasteiger partial charge in [-0.2, -0.15) is 0 Å². The summed E-state index contributed by atoms with van der Waals surface area (Å²) < 4.78 is 5.47. The Morgan fingerprint density at radius 2 is 1.22 bits per heavy atom. The molecule has 18 heavy (non-hydrogen) atoms. The van der Waals surface area contributed by atoms with Gasteiger partial charge in [0, 0.05) is 19.1 Å². The summed E-state index contributed by atoms with van der Waals surface area (Å²) >= 11 is 5.57. The lowest BCUT2D eigenvalue weighted by molar-refractivity contribution is 0.131. The van der Waals surface area contributed by atoms with Gasteiger partial charge in [-0.25, -0.2) is 0 Å². The molecule has 0 fully saturated rings. The number of rotatable bonds is 14. The van der Waals surface area contributed by atoms with E-state index < -0.39 is 0 Å². The van der Waals surface area contributed by atoms with E-state index in [1.165, 1.54) is 57.8 Å². The van der Waals surface area contributed by atoms with Gasteiger partial charge in [0.15, 0.2) is 0 Å². The molecule has 0 aromatic rings. The monoisotopic (exact) mass is 276 g/mol. The van der Waals surface area contributed by atoms with Gasteiger partial charge in [0.25, 0.3) is 0 Å². The Balaban J connectivity index is 2.90. The third kappa shape index (κ3) is 16.2. The largest absolute Gasteiger partial charge is 0.381 e. The predicted octanol–water partition coefficient (Wildman–Crippen LogP) is 5.80. The molecule has 0 bridgehead atoms. The van der Waals surface area contributed by atoms with E-state index in [9.17, 15) is 0 Å². The van der Waals surface area contributed by atoms with Gasteiger partial charge in [0.2, 0.25) is 0 Å². The molecule has 0 heterocycles. The molecule has 0 unspecified atom stereocenters. The summed E-state index contributed by atoms with van der Waals surface area (Å²) in [4.78, 5) is 0. The average molecular weight is 277 g/mol. The molecular weight excluding hydrogens is 244 g/mol. The molecule has 2 heteroatoms. The highest BCUT2D eigenvalue weighted by Crippen LogP contribution is 2.12. The van der Waals surface area contributed by atoms with E-state index in [0.717, 1.165) is 31.4 Å². The van der Waals surface area contributed by atoms with Crippen molar-refractivity contribution < 1.29 is 4.74 Å². The Labute approximate surface area is 120 Å². The molecule has 0 radical (unpaired) electrons. The second-order valence-electron chi connectivity index (χ2n) is 5.67. The first kappa shape index (κ1) is 18.2. The molecule has 0 amide bonds. The zero-order chi connectivity index (χ0) is 13.5. The first-order valence-corrected chi connectivity index (χ1v) is 8.44. The lowest BCUT2D eigenvalue weighted by Gasteiger charge is -2.05. The van der Waals surface area contributed by atoms with E-state index >= 15 is 0 Å². The molecule has 0 aliphatic heterocycles. The molecule has 0 spiro atoms. The van der Waals surface area contributed by atoms with Crippen molar-refractivity contribution in [2.75, 3.05) is 19.1 Å². The van der Waals surface area contributed by atoms with Gasteiger partial charge >= 0.3 is 0 Å². The Bertz CT molecular complexity index is 148. The lowest BCUT2D eigenvalue weighted by Crippen LogP contribution is -1.97. The van der Waals surface area contributed by atoms with Crippen LogP contribution in [0.1, 0.15) is 78.1 Å². The first-order chi connectivity index (χ1) is 8.77. The fourth-order valence-electron chi connectivity index (χ4n) is 2.08. The summed E-state index contributed by atoms with van der Waals surface area (Å²) in [5.74, 6) is 1.60. The molecular formula is C16H33ClO. The maximum Gasteiger partial charge on any atom is 0.0477 e. The number of hydrogen-bond acceptors (Lipinski definition) is 1. The van der Waals surface area contributed by atoms with Crippen molar-refractivity contribution in [3.05, 3.63) is 0 Å². The van der Waals surface area contributed by atoms with Gasteiger partial charge < -0.3 is 4.74 Å². The third-order valence-corrected chi connectivity index (χ3v) is 3.51. The molecule has 0 aliphatic rings. The predicted molar refractivity (Wildman–Crippen MR) is 82.5 cm³/mol.